The molecule has 1 aromatic rings. The first-order chi connectivity index (χ1) is 14.8. The summed E-state index contributed by atoms with van der Waals surface area (Å²) in [4.78, 5) is 42.7. The van der Waals surface area contributed by atoms with E-state index in [1.54, 1.807) is 17.0 Å². The van der Waals surface area contributed by atoms with Gasteiger partial charge in [-0.3, -0.25) is 19.3 Å². The molecule has 3 aliphatic rings. The van der Waals surface area contributed by atoms with E-state index < -0.39 is 11.8 Å². The number of ether oxygens (including phenoxy) is 1. The Labute approximate surface area is 184 Å². The van der Waals surface area contributed by atoms with Crippen LogP contribution in [0.25, 0.3) is 0 Å². The first-order valence-corrected chi connectivity index (χ1v) is 11.5. The molecule has 0 radical (unpaired) electrons. The summed E-state index contributed by atoms with van der Waals surface area (Å²) < 4.78 is 6.22. The number of aryl methyl sites for hydroxylation is 1. The van der Waals surface area contributed by atoms with Crippen LogP contribution in [0.15, 0.2) is 24.3 Å². The molecule has 3 amide bonds. The Morgan fingerprint density at radius 3 is 2.39 bits per heavy atom. The fraction of sp³-hybridized carbons (Fsp3) is 0.625. The number of carbonyl (C=O) groups excluding carboxylic acids is 3. The van der Waals surface area contributed by atoms with Crippen LogP contribution in [0, 0.1) is 12.8 Å². The number of amides is 3. The second-order valence-electron chi connectivity index (χ2n) is 9.23. The highest BCUT2D eigenvalue weighted by Gasteiger charge is 2.54. The smallest absolute Gasteiger partial charge is 0.256 e. The Bertz CT molecular complexity index is 841. The first kappa shape index (κ1) is 21.8. The van der Waals surface area contributed by atoms with Gasteiger partial charge >= 0.3 is 0 Å². The Balaban J connectivity index is 1.58. The van der Waals surface area contributed by atoms with E-state index in [4.69, 9.17) is 4.74 Å². The van der Waals surface area contributed by atoms with Crippen LogP contribution in [0.4, 0.5) is 0 Å². The molecule has 1 saturated carbocycles. The lowest BCUT2D eigenvalue weighted by Crippen LogP contribution is -2.60. The number of hydrogen-bond donors (Lipinski definition) is 1. The van der Waals surface area contributed by atoms with E-state index in [0.717, 1.165) is 24.8 Å². The van der Waals surface area contributed by atoms with Crippen molar-refractivity contribution in [2.75, 3.05) is 19.7 Å². The minimum Gasteiger partial charge on any atom is -0.353 e. The Morgan fingerprint density at radius 2 is 1.81 bits per heavy atom. The Hall–Kier alpha value is -2.41. The van der Waals surface area contributed by atoms with Crippen LogP contribution in [0.3, 0.4) is 0 Å². The fourth-order valence-electron chi connectivity index (χ4n) is 4.51. The molecule has 2 heterocycles. The van der Waals surface area contributed by atoms with Gasteiger partial charge in [0.2, 0.25) is 11.8 Å². The van der Waals surface area contributed by atoms with Gasteiger partial charge in [0, 0.05) is 43.5 Å². The lowest BCUT2D eigenvalue weighted by molar-refractivity contribution is -0.144. The highest BCUT2D eigenvalue weighted by Crippen LogP contribution is 2.40. The number of rotatable bonds is 5. The van der Waals surface area contributed by atoms with Crippen LogP contribution in [-0.2, 0) is 14.3 Å². The van der Waals surface area contributed by atoms with Gasteiger partial charge in [0.15, 0.2) is 0 Å². The van der Waals surface area contributed by atoms with Crippen molar-refractivity contribution in [1.29, 1.82) is 0 Å². The maximum atomic E-state index is 13.6. The second kappa shape index (κ2) is 8.61. The van der Waals surface area contributed by atoms with Crippen molar-refractivity contribution < 1.29 is 19.1 Å². The molecule has 1 spiro atoms. The van der Waals surface area contributed by atoms with Gasteiger partial charge in [-0.15, -0.1) is 0 Å². The van der Waals surface area contributed by atoms with Gasteiger partial charge in [-0.2, -0.15) is 0 Å². The molecule has 2 aliphatic heterocycles. The van der Waals surface area contributed by atoms with Gasteiger partial charge in [-0.1, -0.05) is 24.6 Å². The summed E-state index contributed by atoms with van der Waals surface area (Å²) in [5.41, 5.74) is 0.773. The van der Waals surface area contributed by atoms with E-state index in [-0.39, 0.29) is 36.3 Å². The predicted molar refractivity (Wildman–Crippen MR) is 116 cm³/mol. The molecule has 3 fully saturated rings. The topological polar surface area (TPSA) is 79.0 Å². The lowest BCUT2D eigenvalue weighted by atomic mass is 9.96. The van der Waals surface area contributed by atoms with Crippen molar-refractivity contribution in [2.45, 2.75) is 70.7 Å². The summed E-state index contributed by atoms with van der Waals surface area (Å²) in [6.45, 7) is 7.22. The third-order valence-electron chi connectivity index (χ3n) is 6.86. The van der Waals surface area contributed by atoms with Crippen LogP contribution >= 0.6 is 0 Å². The number of nitrogens with zero attached hydrogens (tertiary/aromatic N) is 2. The molecule has 7 nitrogen and oxygen atoms in total. The SMILES string of the molecule is CCC(C)NC(=O)C1COC2(CCN(C(=O)C3CC3)CC2)N1C(=O)c1ccc(C)cc1. The number of nitrogens with one attached hydrogen (secondary N) is 1. The van der Waals surface area contributed by atoms with Crippen LogP contribution in [0.2, 0.25) is 0 Å². The maximum Gasteiger partial charge on any atom is 0.256 e. The van der Waals surface area contributed by atoms with Gasteiger partial charge in [0.25, 0.3) is 5.91 Å². The number of hydrogen-bond acceptors (Lipinski definition) is 4. The molecule has 1 aromatic carbocycles. The summed E-state index contributed by atoms with van der Waals surface area (Å²) in [5, 5.41) is 3.01. The summed E-state index contributed by atoms with van der Waals surface area (Å²) in [7, 11) is 0. The normalized spacial score (nSPS) is 23.6. The molecule has 2 atom stereocenters. The van der Waals surface area contributed by atoms with Crippen molar-refractivity contribution in [3.8, 4) is 0 Å². The summed E-state index contributed by atoms with van der Waals surface area (Å²) in [5.74, 6) is 0.0279. The van der Waals surface area contributed by atoms with Gasteiger partial charge in [-0.05, 0) is 45.2 Å². The average Bonchev–Trinajstić information content (AvgIpc) is 3.56. The predicted octanol–water partition coefficient (Wildman–Crippen LogP) is 2.48. The summed E-state index contributed by atoms with van der Waals surface area (Å²) in [6.07, 6.45) is 3.82. The molecule has 31 heavy (non-hydrogen) atoms. The van der Waals surface area contributed by atoms with E-state index in [9.17, 15) is 14.4 Å². The highest BCUT2D eigenvalue weighted by molar-refractivity contribution is 5.98. The van der Waals surface area contributed by atoms with Crippen molar-refractivity contribution in [3.63, 3.8) is 0 Å². The molecule has 0 bridgehead atoms. The highest BCUT2D eigenvalue weighted by atomic mass is 16.5. The molecule has 2 unspecified atom stereocenters. The van der Waals surface area contributed by atoms with Gasteiger partial charge in [0.05, 0.1) is 6.61 Å². The molecule has 1 aliphatic carbocycles. The maximum absolute atomic E-state index is 13.6. The molecular formula is C24H33N3O4. The quantitative estimate of drug-likeness (QED) is 0.783. The Kier molecular flexibility index (Phi) is 6.06. The van der Waals surface area contributed by atoms with Crippen LogP contribution in [-0.4, -0.2) is 65.0 Å². The molecule has 0 aromatic heterocycles. The van der Waals surface area contributed by atoms with E-state index >= 15 is 0 Å². The minimum atomic E-state index is -0.847. The Morgan fingerprint density at radius 1 is 1.16 bits per heavy atom. The van der Waals surface area contributed by atoms with Crippen LogP contribution in [0.5, 0.6) is 0 Å². The third-order valence-corrected chi connectivity index (χ3v) is 6.86. The zero-order valence-corrected chi connectivity index (χ0v) is 18.7. The van der Waals surface area contributed by atoms with Crippen LogP contribution < -0.4 is 5.32 Å². The summed E-state index contributed by atoms with van der Waals surface area (Å²) in [6, 6.07) is 6.77. The van der Waals surface area contributed by atoms with Crippen LogP contribution in [0.1, 0.15) is 61.9 Å². The standard InChI is InChI=1S/C24H33N3O4/c1-4-17(3)25-21(28)20-15-31-24(11-13-26(14-12-24)22(29)18-9-10-18)27(20)23(30)19-7-5-16(2)6-8-19/h5-8,17-18,20H,4,9-15H2,1-3H3,(H,25,28). The van der Waals surface area contributed by atoms with E-state index in [1.165, 1.54) is 0 Å². The van der Waals surface area contributed by atoms with Crippen molar-refractivity contribution in [1.82, 2.24) is 15.1 Å². The van der Waals surface area contributed by atoms with Crippen molar-refractivity contribution in [3.05, 3.63) is 35.4 Å². The molecule has 2 saturated heterocycles. The second-order valence-corrected chi connectivity index (χ2v) is 9.23. The zero-order valence-electron chi connectivity index (χ0n) is 18.7. The van der Waals surface area contributed by atoms with Crippen molar-refractivity contribution >= 4 is 17.7 Å². The third kappa shape index (κ3) is 4.33. The number of likely N-dealkylation sites (tertiary alicyclic amines) is 1. The van der Waals surface area contributed by atoms with Gasteiger partial charge < -0.3 is 15.0 Å². The van der Waals surface area contributed by atoms with Gasteiger partial charge in [-0.25, -0.2) is 0 Å². The van der Waals surface area contributed by atoms with E-state index in [0.29, 0.717) is 31.5 Å². The molecule has 7 heteroatoms. The molecule has 168 valence electrons. The molecular weight excluding hydrogens is 394 g/mol. The van der Waals surface area contributed by atoms with E-state index in [1.807, 2.05) is 37.8 Å². The van der Waals surface area contributed by atoms with Crippen molar-refractivity contribution in [2.24, 2.45) is 5.92 Å². The molecule has 1 N–H and O–H groups in total. The largest absolute Gasteiger partial charge is 0.353 e. The average molecular weight is 428 g/mol. The number of carbonyl (C=O) groups is 3. The van der Waals surface area contributed by atoms with E-state index in [2.05, 4.69) is 5.32 Å². The number of piperidine rings is 1. The summed E-state index contributed by atoms with van der Waals surface area (Å²) >= 11 is 0. The zero-order chi connectivity index (χ0) is 22.2. The monoisotopic (exact) mass is 427 g/mol. The van der Waals surface area contributed by atoms with Gasteiger partial charge in [0.1, 0.15) is 11.8 Å². The molecule has 4 rings (SSSR count). The fourth-order valence-corrected chi connectivity index (χ4v) is 4.51. The minimum absolute atomic E-state index is 0.0263. The lowest BCUT2D eigenvalue weighted by Gasteiger charge is -2.44. The first-order valence-electron chi connectivity index (χ1n) is 11.5. The number of benzene rings is 1.